The number of Topliss-reactive ketones (excluding diaryl/α,β-unsaturated/α-hetero) is 1. The van der Waals surface area contributed by atoms with Crippen molar-refractivity contribution in [2.75, 3.05) is 6.61 Å². The zero-order chi connectivity index (χ0) is 13.0. The van der Waals surface area contributed by atoms with Gasteiger partial charge in [0.05, 0.1) is 6.61 Å². The lowest BCUT2D eigenvalue weighted by Gasteiger charge is -2.15. The number of allylic oxidation sites excluding steroid dienone is 1. The van der Waals surface area contributed by atoms with Crippen molar-refractivity contribution in [1.82, 2.24) is 0 Å². The zero-order valence-corrected chi connectivity index (χ0v) is 10.00. The molecule has 1 atom stereocenters. The summed E-state index contributed by atoms with van der Waals surface area (Å²) in [6.45, 7) is 1.96. The summed E-state index contributed by atoms with van der Waals surface area (Å²) in [5, 5.41) is 0. The highest BCUT2D eigenvalue weighted by Gasteiger charge is 2.31. The lowest BCUT2D eigenvalue weighted by molar-refractivity contribution is -0.147. The fourth-order valence-electron chi connectivity index (χ4n) is 1.74. The summed E-state index contributed by atoms with van der Waals surface area (Å²) in [5.74, 6) is -1.74. The summed E-state index contributed by atoms with van der Waals surface area (Å²) in [6.07, 6.45) is 2.81. The average Bonchev–Trinajstić information content (AvgIpc) is 2.40. The van der Waals surface area contributed by atoms with Crippen LogP contribution in [0.4, 0.5) is 0 Å². The second-order valence-electron chi connectivity index (χ2n) is 3.80. The summed E-state index contributed by atoms with van der Waals surface area (Å²) < 4.78 is 4.86. The van der Waals surface area contributed by atoms with Gasteiger partial charge in [-0.1, -0.05) is 30.3 Å². The topological polar surface area (TPSA) is 55.7 Å². The van der Waals surface area contributed by atoms with Gasteiger partial charge in [0.15, 0.2) is 11.7 Å². The number of carbonyl (C=O) groups is 2. The van der Waals surface area contributed by atoms with Crippen LogP contribution >= 0.6 is 0 Å². The van der Waals surface area contributed by atoms with Gasteiger partial charge in [0, 0.05) is 18.0 Å². The summed E-state index contributed by atoms with van der Waals surface area (Å²) in [6, 6.07) is 9.16. The summed E-state index contributed by atoms with van der Waals surface area (Å²) in [4.78, 5) is 27.8. The number of ether oxygens (including phenoxy) is 1. The highest BCUT2D eigenvalue weighted by atomic mass is 16.5. The molecule has 2 rings (SSSR count). The Morgan fingerprint density at radius 3 is 2.72 bits per heavy atom. The minimum absolute atomic E-state index is 0.251. The van der Waals surface area contributed by atoms with Crippen LogP contribution < -0.4 is 0 Å². The largest absolute Gasteiger partial charge is 0.465 e. The second kappa shape index (κ2) is 5.40. The first-order valence-electron chi connectivity index (χ1n) is 5.73. The average molecular weight is 243 g/mol. The molecule has 0 bridgehead atoms. The standard InChI is InChI=1S/C14H13NO3/c1-2-18-14(17)12-9-15-8-11(13(12)16)10-6-4-3-5-7-10/h3-9,12H,2H2,1H3. The molecule has 0 radical (unpaired) electrons. The second-order valence-corrected chi connectivity index (χ2v) is 3.80. The first-order valence-corrected chi connectivity index (χ1v) is 5.73. The van der Waals surface area contributed by atoms with E-state index in [4.69, 9.17) is 4.74 Å². The van der Waals surface area contributed by atoms with Gasteiger partial charge in [-0.3, -0.25) is 14.6 Å². The lowest BCUT2D eigenvalue weighted by Crippen LogP contribution is -2.29. The molecule has 0 saturated carbocycles. The lowest BCUT2D eigenvalue weighted by atomic mass is 9.92. The van der Waals surface area contributed by atoms with Crippen LogP contribution in [-0.4, -0.2) is 24.6 Å². The van der Waals surface area contributed by atoms with E-state index in [0.29, 0.717) is 5.57 Å². The van der Waals surface area contributed by atoms with Gasteiger partial charge < -0.3 is 4.74 Å². The molecule has 0 amide bonds. The van der Waals surface area contributed by atoms with Gasteiger partial charge in [-0.25, -0.2) is 0 Å². The molecule has 0 aromatic heterocycles. The van der Waals surface area contributed by atoms with Crippen molar-refractivity contribution in [3.05, 3.63) is 42.1 Å². The molecule has 0 fully saturated rings. The van der Waals surface area contributed by atoms with E-state index < -0.39 is 11.9 Å². The molecular weight excluding hydrogens is 230 g/mol. The molecule has 0 N–H and O–H groups in total. The van der Waals surface area contributed by atoms with Crippen molar-refractivity contribution in [1.29, 1.82) is 0 Å². The molecular formula is C14H13NO3. The van der Waals surface area contributed by atoms with Crippen molar-refractivity contribution in [2.45, 2.75) is 6.92 Å². The first kappa shape index (κ1) is 12.2. The van der Waals surface area contributed by atoms with Gasteiger partial charge >= 0.3 is 5.97 Å². The van der Waals surface area contributed by atoms with E-state index >= 15 is 0 Å². The molecule has 4 heteroatoms. The molecule has 4 nitrogen and oxygen atoms in total. The maximum Gasteiger partial charge on any atom is 0.322 e. The van der Waals surface area contributed by atoms with Crippen LogP contribution in [0, 0.1) is 5.92 Å². The molecule has 0 saturated heterocycles. The molecule has 0 aliphatic carbocycles. The number of aliphatic imine (C=N–C) groups is 1. The minimum atomic E-state index is -0.926. The van der Waals surface area contributed by atoms with Crippen molar-refractivity contribution in [2.24, 2.45) is 10.9 Å². The molecule has 1 aliphatic rings. The number of hydrogen-bond donors (Lipinski definition) is 0. The van der Waals surface area contributed by atoms with Crippen molar-refractivity contribution in [3.63, 3.8) is 0 Å². The number of ketones is 1. The highest BCUT2D eigenvalue weighted by molar-refractivity contribution is 6.33. The Morgan fingerprint density at radius 1 is 1.33 bits per heavy atom. The monoisotopic (exact) mass is 243 g/mol. The van der Waals surface area contributed by atoms with E-state index in [0.717, 1.165) is 5.56 Å². The predicted molar refractivity (Wildman–Crippen MR) is 68.0 cm³/mol. The molecule has 1 heterocycles. The maximum absolute atomic E-state index is 12.2. The number of carbonyl (C=O) groups excluding carboxylic acids is 2. The van der Waals surface area contributed by atoms with Crippen LogP contribution in [-0.2, 0) is 14.3 Å². The number of esters is 1. The fraction of sp³-hybridized carbons (Fsp3) is 0.214. The van der Waals surface area contributed by atoms with E-state index in [1.165, 1.54) is 12.4 Å². The smallest absolute Gasteiger partial charge is 0.322 e. The van der Waals surface area contributed by atoms with Crippen LogP contribution in [0.5, 0.6) is 0 Å². The van der Waals surface area contributed by atoms with Gasteiger partial charge in [-0.2, -0.15) is 0 Å². The van der Waals surface area contributed by atoms with Crippen LogP contribution in [0.3, 0.4) is 0 Å². The van der Waals surface area contributed by atoms with Gasteiger partial charge in [0.1, 0.15) is 0 Å². The van der Waals surface area contributed by atoms with Gasteiger partial charge in [-0.15, -0.1) is 0 Å². The minimum Gasteiger partial charge on any atom is -0.465 e. The fourth-order valence-corrected chi connectivity index (χ4v) is 1.74. The van der Waals surface area contributed by atoms with Crippen molar-refractivity contribution in [3.8, 4) is 0 Å². The van der Waals surface area contributed by atoms with E-state index in [1.54, 1.807) is 6.92 Å². The number of benzene rings is 1. The number of hydrogen-bond acceptors (Lipinski definition) is 4. The van der Waals surface area contributed by atoms with E-state index in [9.17, 15) is 9.59 Å². The SMILES string of the molecule is CCOC(=O)C1C=NC=C(c2ccccc2)C1=O. The Balaban J connectivity index is 2.25. The molecule has 1 unspecified atom stereocenters. The summed E-state index contributed by atoms with van der Waals surface area (Å²) >= 11 is 0. The van der Waals surface area contributed by atoms with Crippen molar-refractivity contribution >= 4 is 23.5 Å². The van der Waals surface area contributed by atoms with Gasteiger partial charge in [-0.05, 0) is 12.5 Å². The third kappa shape index (κ3) is 2.37. The molecule has 18 heavy (non-hydrogen) atoms. The number of nitrogens with zero attached hydrogens (tertiary/aromatic N) is 1. The Bertz CT molecular complexity index is 517. The predicted octanol–water partition coefficient (Wildman–Crippen LogP) is 1.86. The van der Waals surface area contributed by atoms with Crippen LogP contribution in [0.15, 0.2) is 41.5 Å². The molecule has 0 spiro atoms. The molecule has 92 valence electrons. The Labute approximate surface area is 105 Å². The van der Waals surface area contributed by atoms with Crippen LogP contribution in [0.2, 0.25) is 0 Å². The van der Waals surface area contributed by atoms with Gasteiger partial charge in [0.25, 0.3) is 0 Å². The van der Waals surface area contributed by atoms with E-state index in [-0.39, 0.29) is 12.4 Å². The zero-order valence-electron chi connectivity index (χ0n) is 10.00. The summed E-state index contributed by atoms with van der Waals surface area (Å²) in [7, 11) is 0. The Kier molecular flexibility index (Phi) is 3.67. The molecule has 1 aromatic rings. The normalized spacial score (nSPS) is 18.4. The van der Waals surface area contributed by atoms with E-state index in [1.807, 2.05) is 30.3 Å². The molecule has 1 aliphatic heterocycles. The maximum atomic E-state index is 12.2. The Morgan fingerprint density at radius 2 is 2.06 bits per heavy atom. The third-order valence-corrected chi connectivity index (χ3v) is 2.61. The van der Waals surface area contributed by atoms with Crippen molar-refractivity contribution < 1.29 is 14.3 Å². The van der Waals surface area contributed by atoms with E-state index in [2.05, 4.69) is 4.99 Å². The molecule has 1 aromatic carbocycles. The van der Waals surface area contributed by atoms with Gasteiger partial charge in [0.2, 0.25) is 0 Å². The quantitative estimate of drug-likeness (QED) is 0.601. The Hall–Kier alpha value is -2.23. The third-order valence-electron chi connectivity index (χ3n) is 2.61. The number of rotatable bonds is 3. The summed E-state index contributed by atoms with van der Waals surface area (Å²) in [5.41, 5.74) is 1.20. The van der Waals surface area contributed by atoms with Crippen LogP contribution in [0.1, 0.15) is 12.5 Å². The van der Waals surface area contributed by atoms with Crippen LogP contribution in [0.25, 0.3) is 5.57 Å². The first-order chi connectivity index (χ1) is 8.74. The highest BCUT2D eigenvalue weighted by Crippen LogP contribution is 2.22.